The van der Waals surface area contributed by atoms with Crippen molar-refractivity contribution in [2.45, 2.75) is 19.0 Å². The van der Waals surface area contributed by atoms with Gasteiger partial charge in [-0.1, -0.05) is 48.2 Å². The summed E-state index contributed by atoms with van der Waals surface area (Å²) in [7, 11) is 1.79. The SMILES string of the molecule is Cc1occc1-c1nnc(SCC(=O)Nc2c(C)n(C)n(-c3ccccc3)c2=O)n1-c1ccccc1. The van der Waals surface area contributed by atoms with Crippen molar-refractivity contribution in [2.75, 3.05) is 11.1 Å². The topological polar surface area (TPSA) is 99.9 Å². The number of amides is 1. The number of nitrogens with zero attached hydrogens (tertiary/aromatic N) is 5. The Morgan fingerprint density at radius 2 is 1.64 bits per heavy atom. The maximum Gasteiger partial charge on any atom is 0.295 e. The first kappa shape index (κ1) is 23.4. The summed E-state index contributed by atoms with van der Waals surface area (Å²) in [5.74, 6) is 1.09. The van der Waals surface area contributed by atoms with Crippen molar-refractivity contribution in [2.24, 2.45) is 7.05 Å². The maximum absolute atomic E-state index is 13.1. The van der Waals surface area contributed by atoms with E-state index in [1.54, 1.807) is 24.9 Å². The number of benzene rings is 2. The van der Waals surface area contributed by atoms with Crippen molar-refractivity contribution in [3.05, 3.63) is 94.8 Å². The second-order valence-corrected chi connectivity index (χ2v) is 9.08. The third-order valence-corrected chi connectivity index (χ3v) is 6.83. The molecule has 3 heterocycles. The van der Waals surface area contributed by atoms with Gasteiger partial charge in [0.1, 0.15) is 11.4 Å². The lowest BCUT2D eigenvalue weighted by molar-refractivity contribution is -0.113. The molecule has 2 aromatic carbocycles. The van der Waals surface area contributed by atoms with E-state index in [0.717, 1.165) is 22.7 Å². The van der Waals surface area contributed by atoms with Gasteiger partial charge < -0.3 is 9.73 Å². The summed E-state index contributed by atoms with van der Waals surface area (Å²) in [6, 6.07) is 20.8. The van der Waals surface area contributed by atoms with Crippen molar-refractivity contribution in [1.82, 2.24) is 24.1 Å². The fourth-order valence-corrected chi connectivity index (χ4v) is 4.73. The highest BCUT2D eigenvalue weighted by atomic mass is 32.2. The maximum atomic E-state index is 13.1. The van der Waals surface area contributed by atoms with Gasteiger partial charge in [0.05, 0.1) is 29.0 Å². The van der Waals surface area contributed by atoms with E-state index in [0.29, 0.717) is 16.7 Å². The molecular weight excluding hydrogens is 476 g/mol. The molecule has 0 spiro atoms. The molecule has 0 aliphatic carbocycles. The van der Waals surface area contributed by atoms with E-state index in [4.69, 9.17) is 4.42 Å². The molecule has 3 aromatic heterocycles. The molecular formula is C26H24N6O3S. The van der Waals surface area contributed by atoms with Gasteiger partial charge in [-0.05, 0) is 44.2 Å². The van der Waals surface area contributed by atoms with Gasteiger partial charge in [0.2, 0.25) is 5.91 Å². The molecule has 0 aliphatic heterocycles. The standard InChI is InChI=1S/C26H24N6O3S/c1-17-23(25(34)32(30(17)3)20-12-8-5-9-13-20)27-22(33)16-36-26-29-28-24(21-14-15-35-18(21)2)31(26)19-10-6-4-7-11-19/h4-15H,16H2,1-3H3,(H,27,33). The first-order valence-corrected chi connectivity index (χ1v) is 12.3. The number of aromatic nitrogens is 5. The largest absolute Gasteiger partial charge is 0.469 e. The van der Waals surface area contributed by atoms with Crippen molar-refractivity contribution in [1.29, 1.82) is 0 Å². The first-order valence-electron chi connectivity index (χ1n) is 11.3. The van der Waals surface area contributed by atoms with Crippen molar-refractivity contribution in [3.8, 4) is 22.8 Å². The Labute approximate surface area is 211 Å². The van der Waals surface area contributed by atoms with Crippen LogP contribution >= 0.6 is 11.8 Å². The minimum absolute atomic E-state index is 0.0500. The molecule has 1 N–H and O–H groups in total. The molecule has 36 heavy (non-hydrogen) atoms. The van der Waals surface area contributed by atoms with Crippen LogP contribution in [-0.4, -0.2) is 35.8 Å². The Kier molecular flexibility index (Phi) is 6.34. The second kappa shape index (κ2) is 9.74. The Hall–Kier alpha value is -4.31. The molecule has 0 saturated heterocycles. The van der Waals surface area contributed by atoms with Crippen LogP contribution in [0.25, 0.3) is 22.8 Å². The zero-order valence-corrected chi connectivity index (χ0v) is 20.8. The van der Waals surface area contributed by atoms with Crippen molar-refractivity contribution >= 4 is 23.4 Å². The van der Waals surface area contributed by atoms with E-state index in [2.05, 4.69) is 15.5 Å². The van der Waals surface area contributed by atoms with Crippen LogP contribution in [0.15, 0.2) is 87.4 Å². The Morgan fingerprint density at radius 1 is 0.972 bits per heavy atom. The number of hydrogen-bond donors (Lipinski definition) is 1. The number of rotatable bonds is 7. The average Bonchev–Trinajstić information content (AvgIpc) is 3.56. The smallest absolute Gasteiger partial charge is 0.295 e. The number of carbonyl (C=O) groups excluding carboxylic acids is 1. The number of thioether (sulfide) groups is 1. The van der Waals surface area contributed by atoms with Gasteiger partial charge >= 0.3 is 0 Å². The molecule has 0 fully saturated rings. The van der Waals surface area contributed by atoms with Crippen LogP contribution in [0.4, 0.5) is 5.69 Å². The zero-order chi connectivity index (χ0) is 25.2. The van der Waals surface area contributed by atoms with E-state index < -0.39 is 0 Å². The number of carbonyl (C=O) groups is 1. The second-order valence-electron chi connectivity index (χ2n) is 8.14. The van der Waals surface area contributed by atoms with Crippen molar-refractivity contribution in [3.63, 3.8) is 0 Å². The molecule has 0 atom stereocenters. The summed E-state index contributed by atoms with van der Waals surface area (Å²) in [5, 5.41) is 12.1. The van der Waals surface area contributed by atoms with Crippen LogP contribution in [0.3, 0.4) is 0 Å². The summed E-state index contributed by atoms with van der Waals surface area (Å²) in [4.78, 5) is 26.0. The highest BCUT2D eigenvalue weighted by Crippen LogP contribution is 2.30. The van der Waals surface area contributed by atoms with E-state index in [-0.39, 0.29) is 22.9 Å². The van der Waals surface area contributed by atoms with Gasteiger partial charge in [0.15, 0.2) is 11.0 Å². The molecule has 0 saturated carbocycles. The molecule has 0 radical (unpaired) electrons. The van der Waals surface area contributed by atoms with Crippen LogP contribution in [0.1, 0.15) is 11.5 Å². The number of anilines is 1. The van der Waals surface area contributed by atoms with Crippen LogP contribution in [0.5, 0.6) is 0 Å². The Balaban J connectivity index is 1.40. The first-order chi connectivity index (χ1) is 17.5. The van der Waals surface area contributed by atoms with Gasteiger partial charge in [-0.15, -0.1) is 10.2 Å². The third kappa shape index (κ3) is 4.27. The van der Waals surface area contributed by atoms with Gasteiger partial charge in [-0.3, -0.25) is 18.8 Å². The Morgan fingerprint density at radius 3 is 2.28 bits per heavy atom. The average molecular weight is 501 g/mol. The summed E-state index contributed by atoms with van der Waals surface area (Å²) < 4.78 is 10.6. The number of nitrogens with one attached hydrogen (secondary N) is 1. The molecule has 182 valence electrons. The highest BCUT2D eigenvalue weighted by Gasteiger charge is 2.21. The number of furan rings is 1. The minimum atomic E-state index is -0.310. The van der Waals surface area contributed by atoms with E-state index in [1.165, 1.54) is 16.4 Å². The number of hydrogen-bond acceptors (Lipinski definition) is 6. The predicted octanol–water partition coefficient (Wildman–Crippen LogP) is 4.36. The lowest BCUT2D eigenvalue weighted by atomic mass is 10.2. The fraction of sp³-hybridized carbons (Fsp3) is 0.154. The molecule has 5 rings (SSSR count). The summed E-state index contributed by atoms with van der Waals surface area (Å²) in [6.45, 7) is 3.67. The Bertz CT molecular complexity index is 1580. The lowest BCUT2D eigenvalue weighted by Gasteiger charge is -2.10. The molecule has 0 aliphatic rings. The van der Waals surface area contributed by atoms with Gasteiger partial charge in [-0.2, -0.15) is 0 Å². The number of aryl methyl sites for hydroxylation is 1. The minimum Gasteiger partial charge on any atom is -0.469 e. The third-order valence-electron chi connectivity index (χ3n) is 5.90. The molecule has 10 heteroatoms. The normalized spacial score (nSPS) is 11.1. The van der Waals surface area contributed by atoms with E-state index in [9.17, 15) is 9.59 Å². The highest BCUT2D eigenvalue weighted by molar-refractivity contribution is 7.99. The van der Waals surface area contributed by atoms with Crippen LogP contribution < -0.4 is 10.9 Å². The van der Waals surface area contributed by atoms with Crippen LogP contribution in [-0.2, 0) is 11.8 Å². The summed E-state index contributed by atoms with van der Waals surface area (Å²) in [5.41, 5.74) is 3.04. The van der Waals surface area contributed by atoms with Gasteiger partial charge in [0.25, 0.3) is 5.56 Å². The van der Waals surface area contributed by atoms with E-state index >= 15 is 0 Å². The van der Waals surface area contributed by atoms with Crippen LogP contribution in [0.2, 0.25) is 0 Å². The number of para-hydroxylation sites is 2. The zero-order valence-electron chi connectivity index (χ0n) is 20.0. The lowest BCUT2D eigenvalue weighted by Crippen LogP contribution is -2.23. The molecule has 9 nitrogen and oxygen atoms in total. The molecule has 0 bridgehead atoms. The summed E-state index contributed by atoms with van der Waals surface area (Å²) >= 11 is 1.24. The predicted molar refractivity (Wildman–Crippen MR) is 139 cm³/mol. The van der Waals surface area contributed by atoms with Gasteiger partial charge in [-0.25, -0.2) is 4.68 Å². The van der Waals surface area contributed by atoms with E-state index in [1.807, 2.05) is 78.2 Å². The summed E-state index contributed by atoms with van der Waals surface area (Å²) in [6.07, 6.45) is 1.61. The quantitative estimate of drug-likeness (QED) is 0.333. The monoisotopic (exact) mass is 500 g/mol. The fourth-order valence-electron chi connectivity index (χ4n) is 3.98. The van der Waals surface area contributed by atoms with Crippen LogP contribution in [0, 0.1) is 13.8 Å². The molecule has 5 aromatic rings. The van der Waals surface area contributed by atoms with Gasteiger partial charge in [0, 0.05) is 12.7 Å². The molecule has 0 unspecified atom stereocenters. The molecule has 1 amide bonds. The van der Waals surface area contributed by atoms with Crippen molar-refractivity contribution < 1.29 is 9.21 Å².